The maximum absolute atomic E-state index is 2.29. The molecule has 1 aromatic heterocycles. The maximum atomic E-state index is 2.29. The van der Waals surface area contributed by atoms with E-state index in [9.17, 15) is 0 Å². The van der Waals surface area contributed by atoms with Gasteiger partial charge in [0.2, 0.25) is 0 Å². The monoisotopic (exact) mass is 187 g/mol. The smallest absolute Gasteiger partial charge is 0.0485 e. The van der Waals surface area contributed by atoms with Gasteiger partial charge in [0.05, 0.1) is 0 Å². The second-order valence-corrected chi connectivity index (χ2v) is 4.06. The Hall–Kier alpha value is -1.24. The first-order chi connectivity index (χ1) is 6.63. The fourth-order valence-electron chi connectivity index (χ4n) is 2.08. The number of aryl methyl sites for hydroxylation is 4. The fourth-order valence-corrected chi connectivity index (χ4v) is 2.08. The van der Waals surface area contributed by atoms with Crippen molar-refractivity contribution in [3.05, 3.63) is 35.0 Å². The lowest BCUT2D eigenvalue weighted by Gasteiger charge is -2.04. The Labute approximate surface area is 85.4 Å². The van der Waals surface area contributed by atoms with Gasteiger partial charge in [-0.2, -0.15) is 0 Å². The van der Waals surface area contributed by atoms with Crippen molar-refractivity contribution < 1.29 is 0 Å². The van der Waals surface area contributed by atoms with E-state index in [2.05, 4.69) is 50.6 Å². The molecule has 0 aliphatic carbocycles. The molecule has 0 spiro atoms. The van der Waals surface area contributed by atoms with Gasteiger partial charge in [0.15, 0.2) is 0 Å². The molecule has 0 N–H and O–H groups in total. The van der Waals surface area contributed by atoms with Crippen LogP contribution in [0, 0.1) is 13.8 Å². The van der Waals surface area contributed by atoms with E-state index in [0.717, 1.165) is 6.42 Å². The molecule has 0 bridgehead atoms. The minimum atomic E-state index is 1.11. The molecule has 1 nitrogen and oxygen atoms in total. The third-order valence-corrected chi connectivity index (χ3v) is 3.01. The standard InChI is InChI=1S/C13H17N/c1-5-11-6-9(2)7-13-12(11)8-10(3)14(13)4/h6-8H,5H2,1-4H3. The van der Waals surface area contributed by atoms with Crippen LogP contribution in [0.15, 0.2) is 18.2 Å². The van der Waals surface area contributed by atoms with Crippen molar-refractivity contribution in [3.8, 4) is 0 Å². The zero-order valence-corrected chi connectivity index (χ0v) is 9.39. The second-order valence-electron chi connectivity index (χ2n) is 4.06. The predicted octanol–water partition coefficient (Wildman–Crippen LogP) is 3.36. The summed E-state index contributed by atoms with van der Waals surface area (Å²) < 4.78 is 2.27. The van der Waals surface area contributed by atoms with Crippen molar-refractivity contribution in [3.63, 3.8) is 0 Å². The molecule has 0 unspecified atom stereocenters. The average molecular weight is 187 g/mol. The number of aromatic nitrogens is 1. The molecular formula is C13H17N. The van der Waals surface area contributed by atoms with E-state index in [4.69, 9.17) is 0 Å². The third-order valence-electron chi connectivity index (χ3n) is 3.01. The Balaban J connectivity index is 2.87. The summed E-state index contributed by atoms with van der Waals surface area (Å²) in [6.45, 7) is 6.55. The molecule has 14 heavy (non-hydrogen) atoms. The molecule has 0 saturated carbocycles. The summed E-state index contributed by atoms with van der Waals surface area (Å²) in [6.07, 6.45) is 1.11. The van der Waals surface area contributed by atoms with Gasteiger partial charge in [0, 0.05) is 23.6 Å². The van der Waals surface area contributed by atoms with Crippen molar-refractivity contribution in [2.75, 3.05) is 0 Å². The van der Waals surface area contributed by atoms with E-state index < -0.39 is 0 Å². The van der Waals surface area contributed by atoms with Gasteiger partial charge in [-0.1, -0.05) is 13.0 Å². The van der Waals surface area contributed by atoms with E-state index >= 15 is 0 Å². The molecule has 1 heteroatoms. The average Bonchev–Trinajstić information content (AvgIpc) is 2.43. The van der Waals surface area contributed by atoms with Crippen LogP contribution >= 0.6 is 0 Å². The highest BCUT2D eigenvalue weighted by atomic mass is 14.9. The third kappa shape index (κ3) is 1.24. The number of rotatable bonds is 1. The quantitative estimate of drug-likeness (QED) is 0.645. The van der Waals surface area contributed by atoms with Gasteiger partial charge in [-0.15, -0.1) is 0 Å². The summed E-state index contributed by atoms with van der Waals surface area (Å²) in [5.41, 5.74) is 5.51. The Morgan fingerprint density at radius 3 is 2.50 bits per heavy atom. The summed E-state index contributed by atoms with van der Waals surface area (Å²) in [5, 5.41) is 1.41. The number of hydrogen-bond donors (Lipinski definition) is 0. The zero-order chi connectivity index (χ0) is 10.3. The minimum absolute atomic E-state index is 1.11. The molecule has 0 aliphatic heterocycles. The number of benzene rings is 1. The fraction of sp³-hybridized carbons (Fsp3) is 0.385. The highest BCUT2D eigenvalue weighted by molar-refractivity contribution is 5.85. The first-order valence-corrected chi connectivity index (χ1v) is 5.19. The Morgan fingerprint density at radius 2 is 1.86 bits per heavy atom. The molecular weight excluding hydrogens is 170 g/mol. The first-order valence-electron chi connectivity index (χ1n) is 5.19. The van der Waals surface area contributed by atoms with Crippen LogP contribution in [0.2, 0.25) is 0 Å². The number of hydrogen-bond acceptors (Lipinski definition) is 0. The molecule has 0 fully saturated rings. The van der Waals surface area contributed by atoms with E-state index in [1.807, 2.05) is 0 Å². The zero-order valence-electron chi connectivity index (χ0n) is 9.39. The van der Waals surface area contributed by atoms with Gasteiger partial charge >= 0.3 is 0 Å². The first kappa shape index (κ1) is 9.32. The van der Waals surface area contributed by atoms with Gasteiger partial charge < -0.3 is 4.57 Å². The van der Waals surface area contributed by atoms with E-state index in [-0.39, 0.29) is 0 Å². The van der Waals surface area contributed by atoms with E-state index in [0.29, 0.717) is 0 Å². The highest BCUT2D eigenvalue weighted by Crippen LogP contribution is 2.24. The highest BCUT2D eigenvalue weighted by Gasteiger charge is 2.06. The molecule has 1 aromatic carbocycles. The maximum Gasteiger partial charge on any atom is 0.0485 e. The van der Waals surface area contributed by atoms with Crippen LogP contribution in [0.1, 0.15) is 23.7 Å². The predicted molar refractivity (Wildman–Crippen MR) is 61.8 cm³/mol. The summed E-state index contributed by atoms with van der Waals surface area (Å²) in [6, 6.07) is 6.84. The summed E-state index contributed by atoms with van der Waals surface area (Å²) in [4.78, 5) is 0. The van der Waals surface area contributed by atoms with Gasteiger partial charge in [0.25, 0.3) is 0 Å². The number of fused-ring (bicyclic) bond motifs is 1. The summed E-state index contributed by atoms with van der Waals surface area (Å²) in [7, 11) is 2.14. The molecule has 2 aromatic rings. The SMILES string of the molecule is CCc1cc(C)cc2c1cc(C)n2C. The van der Waals surface area contributed by atoms with Gasteiger partial charge in [-0.25, -0.2) is 0 Å². The number of nitrogens with zero attached hydrogens (tertiary/aromatic N) is 1. The summed E-state index contributed by atoms with van der Waals surface area (Å²) in [5.74, 6) is 0. The van der Waals surface area contributed by atoms with Crippen LogP contribution in [-0.2, 0) is 13.5 Å². The normalized spacial score (nSPS) is 11.1. The molecule has 1 heterocycles. The molecule has 0 aliphatic rings. The van der Waals surface area contributed by atoms with Crippen LogP contribution in [0.3, 0.4) is 0 Å². The largest absolute Gasteiger partial charge is 0.348 e. The summed E-state index contributed by atoms with van der Waals surface area (Å²) >= 11 is 0. The Kier molecular flexibility index (Phi) is 2.10. The van der Waals surface area contributed by atoms with Crippen molar-refractivity contribution in [1.82, 2.24) is 4.57 Å². The Morgan fingerprint density at radius 1 is 1.14 bits per heavy atom. The molecule has 0 radical (unpaired) electrons. The van der Waals surface area contributed by atoms with Crippen LogP contribution < -0.4 is 0 Å². The molecule has 74 valence electrons. The van der Waals surface area contributed by atoms with Crippen LogP contribution in [0.5, 0.6) is 0 Å². The van der Waals surface area contributed by atoms with Crippen molar-refractivity contribution >= 4 is 10.9 Å². The van der Waals surface area contributed by atoms with Crippen molar-refractivity contribution in [2.24, 2.45) is 7.05 Å². The lowest BCUT2D eigenvalue weighted by molar-refractivity contribution is 0.917. The van der Waals surface area contributed by atoms with Gasteiger partial charge in [0.1, 0.15) is 0 Å². The van der Waals surface area contributed by atoms with E-state index in [1.165, 1.54) is 27.7 Å². The Bertz CT molecular complexity index is 477. The van der Waals surface area contributed by atoms with Crippen LogP contribution in [0.25, 0.3) is 10.9 Å². The van der Waals surface area contributed by atoms with Gasteiger partial charge in [-0.3, -0.25) is 0 Å². The second kappa shape index (κ2) is 3.16. The molecule has 0 saturated heterocycles. The van der Waals surface area contributed by atoms with Crippen molar-refractivity contribution in [1.29, 1.82) is 0 Å². The van der Waals surface area contributed by atoms with Crippen LogP contribution in [0.4, 0.5) is 0 Å². The van der Waals surface area contributed by atoms with Crippen LogP contribution in [-0.4, -0.2) is 4.57 Å². The minimum Gasteiger partial charge on any atom is -0.348 e. The topological polar surface area (TPSA) is 4.93 Å². The molecule has 2 rings (SSSR count). The molecule has 0 atom stereocenters. The van der Waals surface area contributed by atoms with E-state index in [1.54, 1.807) is 0 Å². The lowest BCUT2D eigenvalue weighted by atomic mass is 10.0. The van der Waals surface area contributed by atoms with Crippen molar-refractivity contribution in [2.45, 2.75) is 27.2 Å². The lowest BCUT2D eigenvalue weighted by Crippen LogP contribution is -1.91. The molecule has 0 amide bonds. The van der Waals surface area contributed by atoms with Gasteiger partial charge in [-0.05, 0) is 43.5 Å².